The molecule has 0 unspecified atom stereocenters. The predicted molar refractivity (Wildman–Crippen MR) is 120 cm³/mol. The largest absolute Gasteiger partial charge is 0.465 e. The van der Waals surface area contributed by atoms with Gasteiger partial charge in [0.2, 0.25) is 5.91 Å². The van der Waals surface area contributed by atoms with Crippen molar-refractivity contribution in [3.05, 3.63) is 89.0 Å². The minimum atomic E-state index is -0.534. The molecular weight excluding hydrogens is 409 g/mol. The number of esters is 1. The van der Waals surface area contributed by atoms with Gasteiger partial charge in [-0.1, -0.05) is 18.2 Å². The maximum Gasteiger partial charge on any atom is 0.339 e. The number of nitrogens with zero attached hydrogens (tertiary/aromatic N) is 2. The van der Waals surface area contributed by atoms with Crippen LogP contribution in [0.1, 0.15) is 27.2 Å². The van der Waals surface area contributed by atoms with Crippen LogP contribution in [0.25, 0.3) is 16.9 Å². The second kappa shape index (κ2) is 8.63. The number of rotatable bonds is 5. The first kappa shape index (κ1) is 21.2. The van der Waals surface area contributed by atoms with Gasteiger partial charge in [-0.05, 0) is 61.4 Å². The molecule has 6 nitrogen and oxygen atoms in total. The first-order chi connectivity index (χ1) is 15.4. The molecule has 0 spiro atoms. The van der Waals surface area contributed by atoms with Crippen LogP contribution in [-0.2, 0) is 16.0 Å². The molecule has 0 aliphatic rings. The predicted octanol–water partition coefficient (Wildman–Crippen LogP) is 4.73. The summed E-state index contributed by atoms with van der Waals surface area (Å²) in [6, 6.07) is 15.3. The topological polar surface area (TPSA) is 72.7 Å². The maximum absolute atomic E-state index is 13.8. The van der Waals surface area contributed by atoms with E-state index in [2.05, 4.69) is 5.32 Å². The van der Waals surface area contributed by atoms with Gasteiger partial charge < -0.3 is 14.5 Å². The number of imidazole rings is 1. The number of amides is 1. The molecule has 4 rings (SSSR count). The van der Waals surface area contributed by atoms with E-state index in [1.165, 1.54) is 13.2 Å². The van der Waals surface area contributed by atoms with E-state index in [4.69, 9.17) is 9.72 Å². The average Bonchev–Trinajstić information content (AvgIpc) is 3.12. The molecule has 1 amide bonds. The number of ether oxygens (including phenoxy) is 1. The van der Waals surface area contributed by atoms with Crippen molar-refractivity contribution in [3.63, 3.8) is 0 Å². The Morgan fingerprint density at radius 3 is 2.62 bits per heavy atom. The molecule has 2 aromatic heterocycles. The van der Waals surface area contributed by atoms with Crippen molar-refractivity contribution < 1.29 is 18.7 Å². The van der Waals surface area contributed by atoms with E-state index in [1.807, 2.05) is 29.7 Å². The molecule has 2 aromatic carbocycles. The molecule has 0 aliphatic carbocycles. The van der Waals surface area contributed by atoms with Crippen molar-refractivity contribution in [2.75, 3.05) is 12.4 Å². The van der Waals surface area contributed by atoms with Gasteiger partial charge >= 0.3 is 5.97 Å². The Hall–Kier alpha value is -4.00. The van der Waals surface area contributed by atoms with Gasteiger partial charge in [-0.25, -0.2) is 14.2 Å². The van der Waals surface area contributed by atoms with Gasteiger partial charge in [0.15, 0.2) is 0 Å². The maximum atomic E-state index is 13.8. The van der Waals surface area contributed by atoms with Crippen molar-refractivity contribution in [2.24, 2.45) is 0 Å². The molecule has 0 saturated carbocycles. The monoisotopic (exact) mass is 431 g/mol. The molecule has 0 aliphatic heterocycles. The minimum absolute atomic E-state index is 0.00584. The standard InChI is InChI=1S/C25H22FN3O3/c1-15-8-11-22-28-24(17-9-10-19(26)16(2)12-17)21(29(22)14-15)13-23(30)27-20-7-5-4-6-18(20)25(31)32-3/h4-12,14H,13H2,1-3H3,(H,27,30). The molecule has 0 fully saturated rings. The lowest BCUT2D eigenvalue weighted by Crippen LogP contribution is -2.18. The highest BCUT2D eigenvalue weighted by Crippen LogP contribution is 2.27. The lowest BCUT2D eigenvalue weighted by Gasteiger charge is -2.11. The Morgan fingerprint density at radius 1 is 1.09 bits per heavy atom. The zero-order valence-electron chi connectivity index (χ0n) is 18.0. The van der Waals surface area contributed by atoms with E-state index >= 15 is 0 Å². The zero-order chi connectivity index (χ0) is 22.8. The molecule has 7 heteroatoms. The third-order valence-corrected chi connectivity index (χ3v) is 5.23. The number of carbonyl (C=O) groups is 2. The Morgan fingerprint density at radius 2 is 1.88 bits per heavy atom. The Labute approximate surface area is 184 Å². The summed E-state index contributed by atoms with van der Waals surface area (Å²) in [5.41, 5.74) is 4.83. The number of halogens is 1. The number of hydrogen-bond acceptors (Lipinski definition) is 4. The molecule has 32 heavy (non-hydrogen) atoms. The van der Waals surface area contributed by atoms with Crippen LogP contribution in [0.4, 0.5) is 10.1 Å². The second-order valence-electron chi connectivity index (χ2n) is 7.57. The van der Waals surface area contributed by atoms with Crippen LogP contribution in [0.15, 0.2) is 60.8 Å². The molecule has 0 atom stereocenters. The van der Waals surface area contributed by atoms with Gasteiger partial charge in [0.05, 0.1) is 36.2 Å². The number of carbonyl (C=O) groups excluding carboxylic acids is 2. The summed E-state index contributed by atoms with van der Waals surface area (Å²) in [6.07, 6.45) is 1.92. The van der Waals surface area contributed by atoms with Crippen LogP contribution in [0.2, 0.25) is 0 Å². The van der Waals surface area contributed by atoms with E-state index in [9.17, 15) is 14.0 Å². The van der Waals surface area contributed by atoms with Gasteiger partial charge in [-0.2, -0.15) is 0 Å². The summed E-state index contributed by atoms with van der Waals surface area (Å²) in [5.74, 6) is -1.15. The molecule has 0 radical (unpaired) electrons. The number of aromatic nitrogens is 2. The second-order valence-corrected chi connectivity index (χ2v) is 7.57. The number of para-hydroxylation sites is 1. The van der Waals surface area contributed by atoms with Gasteiger partial charge in [0.25, 0.3) is 0 Å². The summed E-state index contributed by atoms with van der Waals surface area (Å²) in [5, 5.41) is 2.80. The van der Waals surface area contributed by atoms with Crippen molar-refractivity contribution in [3.8, 4) is 11.3 Å². The molecule has 0 saturated heterocycles. The third kappa shape index (κ3) is 4.09. The SMILES string of the molecule is COC(=O)c1ccccc1NC(=O)Cc1c(-c2ccc(F)c(C)c2)nc2ccc(C)cn12. The summed E-state index contributed by atoms with van der Waals surface area (Å²) in [4.78, 5) is 29.7. The Kier molecular flexibility index (Phi) is 5.73. The number of aryl methyl sites for hydroxylation is 2. The van der Waals surface area contributed by atoms with E-state index in [1.54, 1.807) is 43.3 Å². The molecule has 0 bridgehead atoms. The van der Waals surface area contributed by atoms with E-state index in [-0.39, 0.29) is 23.7 Å². The Balaban J connectivity index is 1.74. The van der Waals surface area contributed by atoms with Crippen molar-refractivity contribution in [2.45, 2.75) is 20.3 Å². The molecule has 162 valence electrons. The van der Waals surface area contributed by atoms with Crippen LogP contribution in [0, 0.1) is 19.7 Å². The van der Waals surface area contributed by atoms with Crippen LogP contribution < -0.4 is 5.32 Å². The quantitative estimate of drug-likeness (QED) is 0.464. The minimum Gasteiger partial charge on any atom is -0.465 e. The molecular formula is C25H22FN3O3. The van der Waals surface area contributed by atoms with Crippen LogP contribution in [-0.4, -0.2) is 28.4 Å². The first-order valence-corrected chi connectivity index (χ1v) is 10.1. The zero-order valence-corrected chi connectivity index (χ0v) is 18.0. The fourth-order valence-electron chi connectivity index (χ4n) is 3.62. The number of nitrogens with one attached hydrogen (secondary N) is 1. The average molecular weight is 431 g/mol. The van der Waals surface area contributed by atoms with E-state index in [0.29, 0.717) is 28.3 Å². The van der Waals surface area contributed by atoms with Crippen molar-refractivity contribution in [1.82, 2.24) is 9.38 Å². The van der Waals surface area contributed by atoms with E-state index < -0.39 is 5.97 Å². The fraction of sp³-hybridized carbons (Fsp3) is 0.160. The van der Waals surface area contributed by atoms with Crippen LogP contribution in [0.5, 0.6) is 0 Å². The number of benzene rings is 2. The molecule has 1 N–H and O–H groups in total. The summed E-state index contributed by atoms with van der Waals surface area (Å²) in [6.45, 7) is 3.65. The Bertz CT molecular complexity index is 1340. The number of pyridine rings is 1. The lowest BCUT2D eigenvalue weighted by molar-refractivity contribution is -0.115. The van der Waals surface area contributed by atoms with Gasteiger partial charge in [-0.15, -0.1) is 0 Å². The smallest absolute Gasteiger partial charge is 0.339 e. The van der Waals surface area contributed by atoms with E-state index in [0.717, 1.165) is 11.1 Å². The van der Waals surface area contributed by atoms with Crippen LogP contribution >= 0.6 is 0 Å². The summed E-state index contributed by atoms with van der Waals surface area (Å²) < 4.78 is 20.5. The highest BCUT2D eigenvalue weighted by atomic mass is 19.1. The number of hydrogen-bond donors (Lipinski definition) is 1. The number of methoxy groups -OCH3 is 1. The molecule has 2 heterocycles. The first-order valence-electron chi connectivity index (χ1n) is 10.1. The highest BCUT2D eigenvalue weighted by molar-refractivity contribution is 6.02. The summed E-state index contributed by atoms with van der Waals surface area (Å²) >= 11 is 0. The normalized spacial score (nSPS) is 10.9. The van der Waals surface area contributed by atoms with Crippen molar-refractivity contribution in [1.29, 1.82) is 0 Å². The van der Waals surface area contributed by atoms with Gasteiger partial charge in [0.1, 0.15) is 11.5 Å². The summed E-state index contributed by atoms with van der Waals surface area (Å²) in [7, 11) is 1.29. The third-order valence-electron chi connectivity index (χ3n) is 5.23. The lowest BCUT2D eigenvalue weighted by atomic mass is 10.1. The number of fused-ring (bicyclic) bond motifs is 1. The highest BCUT2D eigenvalue weighted by Gasteiger charge is 2.19. The van der Waals surface area contributed by atoms with Crippen molar-refractivity contribution >= 4 is 23.2 Å². The van der Waals surface area contributed by atoms with Crippen LogP contribution in [0.3, 0.4) is 0 Å². The van der Waals surface area contributed by atoms with Gasteiger partial charge in [-0.3, -0.25) is 4.79 Å². The fourth-order valence-corrected chi connectivity index (χ4v) is 3.62. The molecule has 4 aromatic rings. The van der Waals surface area contributed by atoms with Gasteiger partial charge in [0, 0.05) is 11.8 Å². The number of anilines is 1.